The van der Waals surface area contributed by atoms with E-state index in [2.05, 4.69) is 78.9 Å². The zero-order valence-electron chi connectivity index (χ0n) is 10.8. The van der Waals surface area contributed by atoms with E-state index >= 15 is 0 Å². The lowest BCUT2D eigenvalue weighted by Crippen LogP contribution is -2.27. The Morgan fingerprint density at radius 2 is 1.20 bits per heavy atom. The van der Waals surface area contributed by atoms with E-state index in [1.807, 2.05) is 0 Å². The lowest BCUT2D eigenvalue weighted by molar-refractivity contribution is 0.430. The number of nitrogens with one attached hydrogen (secondary N) is 2. The van der Waals surface area contributed by atoms with Gasteiger partial charge in [-0.15, -0.1) is 0 Å². The van der Waals surface area contributed by atoms with Gasteiger partial charge in [-0.25, -0.2) is 0 Å². The van der Waals surface area contributed by atoms with E-state index in [4.69, 9.17) is 0 Å². The maximum absolute atomic E-state index is 3.65. The Bertz CT molecular complexity index is 625. The molecule has 2 atom stereocenters. The quantitative estimate of drug-likeness (QED) is 0.758. The first kappa shape index (κ1) is 13.0. The number of hydrogen-bond acceptors (Lipinski definition) is 2. The summed E-state index contributed by atoms with van der Waals surface area (Å²) in [5.74, 6) is 0. The Hall–Kier alpha value is -0.680. The second-order valence-electron chi connectivity index (χ2n) is 5.40. The summed E-state index contributed by atoms with van der Waals surface area (Å²) in [5.41, 5.74) is 5.63. The van der Waals surface area contributed by atoms with Crippen LogP contribution in [0.4, 0.5) is 0 Å². The number of halogens is 2. The van der Waals surface area contributed by atoms with Gasteiger partial charge in [0.05, 0.1) is 12.1 Å². The monoisotopic (exact) mass is 392 g/mol. The minimum absolute atomic E-state index is 0.345. The van der Waals surface area contributed by atoms with Crippen LogP contribution in [-0.2, 0) is 13.1 Å². The Morgan fingerprint density at radius 1 is 0.750 bits per heavy atom. The summed E-state index contributed by atoms with van der Waals surface area (Å²) < 4.78 is 2.30. The zero-order chi connectivity index (χ0) is 13.7. The third kappa shape index (κ3) is 2.06. The van der Waals surface area contributed by atoms with Crippen LogP contribution in [-0.4, -0.2) is 0 Å². The van der Waals surface area contributed by atoms with E-state index in [0.29, 0.717) is 12.1 Å². The van der Waals surface area contributed by atoms with Gasteiger partial charge in [0, 0.05) is 22.0 Å². The van der Waals surface area contributed by atoms with Crippen LogP contribution in [0.2, 0.25) is 0 Å². The Morgan fingerprint density at radius 3 is 1.65 bits per heavy atom. The summed E-state index contributed by atoms with van der Waals surface area (Å²) in [6, 6.07) is 13.9. The molecule has 2 heterocycles. The number of fused-ring (bicyclic) bond motifs is 2. The Balaban J connectivity index is 1.76. The second kappa shape index (κ2) is 4.95. The van der Waals surface area contributed by atoms with E-state index < -0.39 is 0 Å². The highest BCUT2D eigenvalue weighted by Crippen LogP contribution is 2.41. The van der Waals surface area contributed by atoms with Crippen molar-refractivity contribution < 1.29 is 0 Å². The van der Waals surface area contributed by atoms with Gasteiger partial charge in [-0.05, 0) is 46.5 Å². The molecular weight excluding hydrogens is 380 g/mol. The van der Waals surface area contributed by atoms with Crippen molar-refractivity contribution in [2.75, 3.05) is 0 Å². The SMILES string of the molecule is Brc1ccc2c(c1)[C@@H]([C@H]1NCc3ccc(Br)cc31)NC2. The van der Waals surface area contributed by atoms with Gasteiger partial charge in [0.1, 0.15) is 0 Å². The fourth-order valence-electron chi connectivity index (χ4n) is 3.29. The van der Waals surface area contributed by atoms with Crippen molar-refractivity contribution in [3.8, 4) is 0 Å². The van der Waals surface area contributed by atoms with Crippen molar-refractivity contribution in [3.63, 3.8) is 0 Å². The van der Waals surface area contributed by atoms with Crippen LogP contribution in [0, 0.1) is 0 Å². The molecule has 2 N–H and O–H groups in total. The molecule has 0 saturated heterocycles. The van der Waals surface area contributed by atoms with Gasteiger partial charge >= 0.3 is 0 Å². The molecule has 0 spiro atoms. The highest BCUT2D eigenvalue weighted by molar-refractivity contribution is 9.10. The normalized spacial score (nSPS) is 23.7. The average molecular weight is 394 g/mol. The average Bonchev–Trinajstić information content (AvgIpc) is 3.01. The van der Waals surface area contributed by atoms with Crippen molar-refractivity contribution in [2.45, 2.75) is 25.2 Å². The fourth-order valence-corrected chi connectivity index (χ4v) is 4.04. The van der Waals surface area contributed by atoms with Gasteiger partial charge in [-0.1, -0.05) is 44.0 Å². The van der Waals surface area contributed by atoms with Gasteiger partial charge in [0.25, 0.3) is 0 Å². The maximum atomic E-state index is 3.65. The predicted molar refractivity (Wildman–Crippen MR) is 87.4 cm³/mol. The molecule has 2 aliphatic rings. The largest absolute Gasteiger partial charge is 0.304 e. The molecule has 0 saturated carbocycles. The summed E-state index contributed by atoms with van der Waals surface area (Å²) in [6.45, 7) is 1.91. The molecule has 0 aromatic heterocycles. The van der Waals surface area contributed by atoms with Gasteiger partial charge < -0.3 is 10.6 Å². The van der Waals surface area contributed by atoms with Gasteiger partial charge in [-0.2, -0.15) is 0 Å². The lowest BCUT2D eigenvalue weighted by Gasteiger charge is -2.22. The molecule has 0 amide bonds. The molecule has 2 aromatic rings. The minimum atomic E-state index is 0.345. The van der Waals surface area contributed by atoms with Crippen LogP contribution >= 0.6 is 31.9 Å². The van der Waals surface area contributed by atoms with Gasteiger partial charge in [-0.3, -0.25) is 0 Å². The molecule has 0 bridgehead atoms. The summed E-state index contributed by atoms with van der Waals surface area (Å²) >= 11 is 7.18. The predicted octanol–water partition coefficient (Wildman–Crippen LogP) is 4.20. The van der Waals surface area contributed by atoms with Crippen LogP contribution < -0.4 is 10.6 Å². The van der Waals surface area contributed by atoms with Crippen LogP contribution in [0.15, 0.2) is 45.3 Å². The number of rotatable bonds is 1. The molecule has 20 heavy (non-hydrogen) atoms. The molecule has 2 nitrogen and oxygen atoms in total. The molecule has 102 valence electrons. The van der Waals surface area contributed by atoms with Gasteiger partial charge in [0.2, 0.25) is 0 Å². The van der Waals surface area contributed by atoms with E-state index in [1.54, 1.807) is 0 Å². The fraction of sp³-hybridized carbons (Fsp3) is 0.250. The first-order valence-electron chi connectivity index (χ1n) is 6.76. The highest BCUT2D eigenvalue weighted by Gasteiger charge is 2.34. The molecule has 0 fully saturated rings. The third-order valence-corrected chi connectivity index (χ3v) is 5.23. The highest BCUT2D eigenvalue weighted by atomic mass is 79.9. The third-order valence-electron chi connectivity index (χ3n) is 4.24. The van der Waals surface area contributed by atoms with Crippen molar-refractivity contribution in [3.05, 3.63) is 67.6 Å². The maximum Gasteiger partial charge on any atom is 0.0524 e. The zero-order valence-corrected chi connectivity index (χ0v) is 14.0. The van der Waals surface area contributed by atoms with E-state index in [0.717, 1.165) is 22.0 Å². The Kier molecular flexibility index (Phi) is 3.22. The number of benzene rings is 2. The minimum Gasteiger partial charge on any atom is -0.304 e. The van der Waals surface area contributed by atoms with Crippen molar-refractivity contribution in [1.29, 1.82) is 0 Å². The van der Waals surface area contributed by atoms with Gasteiger partial charge in [0.15, 0.2) is 0 Å². The van der Waals surface area contributed by atoms with E-state index in [-0.39, 0.29) is 0 Å². The van der Waals surface area contributed by atoms with E-state index in [1.165, 1.54) is 22.3 Å². The van der Waals surface area contributed by atoms with Crippen molar-refractivity contribution in [2.24, 2.45) is 0 Å². The molecule has 0 radical (unpaired) electrons. The molecule has 4 heteroatoms. The summed E-state index contributed by atoms with van der Waals surface area (Å²) in [7, 11) is 0. The van der Waals surface area contributed by atoms with Crippen LogP contribution in [0.25, 0.3) is 0 Å². The van der Waals surface area contributed by atoms with E-state index in [9.17, 15) is 0 Å². The number of hydrogen-bond donors (Lipinski definition) is 2. The molecular formula is C16H14Br2N2. The van der Waals surface area contributed by atoms with Crippen LogP contribution in [0.1, 0.15) is 34.3 Å². The standard InChI is InChI=1S/C16H14Br2N2/c17-11-3-1-9-7-19-15(13(9)5-11)16-14-6-12(18)4-2-10(14)8-20-16/h1-6,15-16,19-20H,7-8H2/t15-,16-/m0/s1. The van der Waals surface area contributed by atoms with Crippen LogP contribution in [0.3, 0.4) is 0 Å². The topological polar surface area (TPSA) is 24.1 Å². The summed E-state index contributed by atoms with van der Waals surface area (Å²) in [4.78, 5) is 0. The smallest absolute Gasteiger partial charge is 0.0524 e. The second-order valence-corrected chi connectivity index (χ2v) is 7.23. The van der Waals surface area contributed by atoms with Crippen molar-refractivity contribution in [1.82, 2.24) is 10.6 Å². The summed E-state index contributed by atoms with van der Waals surface area (Å²) in [5, 5.41) is 7.31. The molecule has 4 rings (SSSR count). The molecule has 2 aliphatic heterocycles. The first-order valence-corrected chi connectivity index (χ1v) is 8.34. The van der Waals surface area contributed by atoms with Crippen LogP contribution in [0.5, 0.6) is 0 Å². The first-order chi connectivity index (χ1) is 9.72. The molecule has 0 aliphatic carbocycles. The van der Waals surface area contributed by atoms with Crippen molar-refractivity contribution >= 4 is 31.9 Å². The Labute approximate surface area is 135 Å². The molecule has 0 unspecified atom stereocenters. The molecule has 2 aromatic carbocycles. The summed E-state index contributed by atoms with van der Waals surface area (Å²) in [6.07, 6.45) is 0. The lowest BCUT2D eigenvalue weighted by atomic mass is 9.94.